The highest BCUT2D eigenvalue weighted by molar-refractivity contribution is 6.08. The fourth-order valence-corrected chi connectivity index (χ4v) is 1.88. The zero-order chi connectivity index (χ0) is 12.3. The van der Waals surface area contributed by atoms with Crippen LogP contribution < -0.4 is 5.32 Å². The summed E-state index contributed by atoms with van der Waals surface area (Å²) in [7, 11) is 1.63. The van der Waals surface area contributed by atoms with E-state index in [1.807, 2.05) is 6.92 Å². The summed E-state index contributed by atoms with van der Waals surface area (Å²) in [5, 5.41) is 10.4. The van der Waals surface area contributed by atoms with E-state index in [1.54, 1.807) is 12.0 Å². The number of rotatable bonds is 5. The molecule has 0 saturated carbocycles. The minimum absolute atomic E-state index is 0.169. The molecule has 1 fully saturated rings. The van der Waals surface area contributed by atoms with E-state index in [0.29, 0.717) is 25.5 Å². The number of urea groups is 1. The van der Waals surface area contributed by atoms with E-state index in [9.17, 15) is 4.79 Å². The number of carbonyl (C=O) groups excluding carboxylic acids is 1. The Morgan fingerprint density at radius 1 is 1.56 bits per heavy atom. The van der Waals surface area contributed by atoms with Crippen molar-refractivity contribution in [1.82, 2.24) is 10.2 Å². The predicted octanol–water partition coefficient (Wildman–Crippen LogP) is 1.44. The van der Waals surface area contributed by atoms with Gasteiger partial charge in [-0.25, -0.2) is 4.79 Å². The monoisotopic (exact) mass is 227 g/mol. The van der Waals surface area contributed by atoms with Crippen molar-refractivity contribution in [2.24, 2.45) is 5.92 Å². The summed E-state index contributed by atoms with van der Waals surface area (Å²) < 4.78 is 5.04. The number of ether oxygens (including phenoxy) is 1. The van der Waals surface area contributed by atoms with Gasteiger partial charge >= 0.3 is 6.03 Å². The van der Waals surface area contributed by atoms with Gasteiger partial charge in [0.15, 0.2) is 0 Å². The summed E-state index contributed by atoms with van der Waals surface area (Å²) in [5.41, 5.74) is -0.544. The van der Waals surface area contributed by atoms with Crippen molar-refractivity contribution >= 4 is 11.9 Å². The van der Waals surface area contributed by atoms with Gasteiger partial charge in [0.1, 0.15) is 11.4 Å². The summed E-state index contributed by atoms with van der Waals surface area (Å²) in [6, 6.07) is -0.169. The van der Waals surface area contributed by atoms with Gasteiger partial charge in [-0.3, -0.25) is 10.7 Å². The SMILES string of the molecule is COCCC1(C)C(=N)NC(=O)N1CC(C)C. The quantitative estimate of drug-likeness (QED) is 0.746. The molecule has 1 aliphatic heterocycles. The fourth-order valence-electron chi connectivity index (χ4n) is 1.88. The average molecular weight is 227 g/mol. The zero-order valence-electron chi connectivity index (χ0n) is 10.5. The molecule has 0 bridgehead atoms. The van der Waals surface area contributed by atoms with Crippen LogP contribution in [0, 0.1) is 11.3 Å². The Labute approximate surface area is 96.7 Å². The van der Waals surface area contributed by atoms with E-state index in [1.165, 1.54) is 0 Å². The molecule has 1 rings (SSSR count). The van der Waals surface area contributed by atoms with Gasteiger partial charge in [-0.1, -0.05) is 13.8 Å². The van der Waals surface area contributed by atoms with Gasteiger partial charge in [0.2, 0.25) is 0 Å². The summed E-state index contributed by atoms with van der Waals surface area (Å²) >= 11 is 0. The molecule has 2 amide bonds. The van der Waals surface area contributed by atoms with Gasteiger partial charge in [0.25, 0.3) is 0 Å². The molecule has 0 aliphatic carbocycles. The number of hydrogen-bond acceptors (Lipinski definition) is 3. The summed E-state index contributed by atoms with van der Waals surface area (Å²) in [6.45, 7) is 7.24. The van der Waals surface area contributed by atoms with Crippen LogP contribution in [-0.4, -0.2) is 42.6 Å². The van der Waals surface area contributed by atoms with Crippen LogP contribution in [-0.2, 0) is 4.74 Å². The van der Waals surface area contributed by atoms with Gasteiger partial charge in [0.05, 0.1) is 0 Å². The van der Waals surface area contributed by atoms with E-state index in [0.717, 1.165) is 0 Å². The minimum atomic E-state index is -0.544. The van der Waals surface area contributed by atoms with Gasteiger partial charge in [0, 0.05) is 26.7 Å². The van der Waals surface area contributed by atoms with Crippen LogP contribution in [0.1, 0.15) is 27.2 Å². The molecule has 5 nitrogen and oxygen atoms in total. The van der Waals surface area contributed by atoms with E-state index in [2.05, 4.69) is 19.2 Å². The van der Waals surface area contributed by atoms with E-state index >= 15 is 0 Å². The number of amidine groups is 1. The molecule has 0 aromatic carbocycles. The van der Waals surface area contributed by atoms with Gasteiger partial charge in [-0.2, -0.15) is 0 Å². The van der Waals surface area contributed by atoms with Crippen molar-refractivity contribution in [3.63, 3.8) is 0 Å². The molecule has 0 aromatic rings. The number of nitrogens with one attached hydrogen (secondary N) is 2. The standard InChI is InChI=1S/C11H21N3O2/c1-8(2)7-14-10(15)13-9(12)11(14,3)5-6-16-4/h8H,5-7H2,1-4H3,(H2,12,13,15). The zero-order valence-corrected chi connectivity index (χ0v) is 10.5. The first-order chi connectivity index (χ1) is 7.41. The van der Waals surface area contributed by atoms with Crippen LogP contribution >= 0.6 is 0 Å². The Hall–Kier alpha value is -1.10. The molecule has 92 valence electrons. The molecule has 1 heterocycles. The maximum Gasteiger partial charge on any atom is 0.323 e. The first-order valence-corrected chi connectivity index (χ1v) is 5.58. The van der Waals surface area contributed by atoms with E-state index in [-0.39, 0.29) is 11.9 Å². The number of nitrogens with zero attached hydrogens (tertiary/aromatic N) is 1. The number of carbonyl (C=O) groups is 1. The third-order valence-electron chi connectivity index (χ3n) is 2.95. The third kappa shape index (κ3) is 2.35. The molecular formula is C11H21N3O2. The van der Waals surface area contributed by atoms with Crippen molar-refractivity contribution in [3.8, 4) is 0 Å². The number of amides is 2. The van der Waals surface area contributed by atoms with Crippen LogP contribution in [0.3, 0.4) is 0 Å². The molecule has 1 unspecified atom stereocenters. The molecule has 0 spiro atoms. The predicted molar refractivity (Wildman–Crippen MR) is 62.7 cm³/mol. The summed E-state index contributed by atoms with van der Waals surface area (Å²) in [4.78, 5) is 13.5. The average Bonchev–Trinajstić information content (AvgIpc) is 2.39. The maximum atomic E-state index is 11.7. The smallest absolute Gasteiger partial charge is 0.323 e. The molecule has 0 radical (unpaired) electrons. The number of methoxy groups -OCH3 is 1. The summed E-state index contributed by atoms with van der Waals surface area (Å²) in [5.74, 6) is 0.661. The summed E-state index contributed by atoms with van der Waals surface area (Å²) in [6.07, 6.45) is 0.647. The lowest BCUT2D eigenvalue weighted by atomic mass is 9.95. The van der Waals surface area contributed by atoms with Crippen LogP contribution in [0.15, 0.2) is 0 Å². The van der Waals surface area contributed by atoms with Gasteiger partial charge in [-0.15, -0.1) is 0 Å². The molecule has 0 aromatic heterocycles. The molecule has 1 atom stereocenters. The maximum absolute atomic E-state index is 11.7. The van der Waals surface area contributed by atoms with Crippen LogP contribution in [0.2, 0.25) is 0 Å². The Morgan fingerprint density at radius 2 is 2.19 bits per heavy atom. The highest BCUT2D eigenvalue weighted by Gasteiger charge is 2.46. The van der Waals surface area contributed by atoms with Gasteiger partial charge < -0.3 is 9.64 Å². The normalized spacial score (nSPS) is 25.4. The van der Waals surface area contributed by atoms with Gasteiger partial charge in [-0.05, 0) is 12.8 Å². The molecule has 1 saturated heterocycles. The molecule has 2 N–H and O–H groups in total. The van der Waals surface area contributed by atoms with Crippen molar-refractivity contribution < 1.29 is 9.53 Å². The molecule has 1 aliphatic rings. The lowest BCUT2D eigenvalue weighted by molar-refractivity contribution is 0.127. The first-order valence-electron chi connectivity index (χ1n) is 5.58. The highest BCUT2D eigenvalue weighted by Crippen LogP contribution is 2.26. The van der Waals surface area contributed by atoms with Crippen LogP contribution in [0.5, 0.6) is 0 Å². The van der Waals surface area contributed by atoms with Crippen molar-refractivity contribution in [2.75, 3.05) is 20.3 Å². The Balaban J connectivity index is 2.83. The lowest BCUT2D eigenvalue weighted by Gasteiger charge is -2.34. The van der Waals surface area contributed by atoms with E-state index < -0.39 is 5.54 Å². The fraction of sp³-hybridized carbons (Fsp3) is 0.818. The Bertz CT molecular complexity index is 291. The largest absolute Gasteiger partial charge is 0.385 e. The third-order valence-corrected chi connectivity index (χ3v) is 2.95. The van der Waals surface area contributed by atoms with E-state index in [4.69, 9.17) is 10.1 Å². The second kappa shape index (κ2) is 4.82. The minimum Gasteiger partial charge on any atom is -0.385 e. The molecule has 5 heteroatoms. The topological polar surface area (TPSA) is 65.4 Å². The van der Waals surface area contributed by atoms with Crippen LogP contribution in [0.25, 0.3) is 0 Å². The van der Waals surface area contributed by atoms with Crippen molar-refractivity contribution in [1.29, 1.82) is 5.41 Å². The van der Waals surface area contributed by atoms with Crippen LogP contribution in [0.4, 0.5) is 4.79 Å². The van der Waals surface area contributed by atoms with Crippen molar-refractivity contribution in [2.45, 2.75) is 32.7 Å². The first kappa shape index (κ1) is 13.0. The Morgan fingerprint density at radius 3 is 2.69 bits per heavy atom. The molecule has 16 heavy (non-hydrogen) atoms. The Kier molecular flexibility index (Phi) is 3.91. The van der Waals surface area contributed by atoms with Crippen molar-refractivity contribution in [3.05, 3.63) is 0 Å². The second-order valence-electron chi connectivity index (χ2n) is 4.83. The highest BCUT2D eigenvalue weighted by atomic mass is 16.5. The molecular weight excluding hydrogens is 206 g/mol. The second-order valence-corrected chi connectivity index (χ2v) is 4.83. The lowest BCUT2D eigenvalue weighted by Crippen LogP contribution is -2.49. The number of hydrogen-bond donors (Lipinski definition) is 2.